The molecule has 3 aromatic carbocycles. The van der Waals surface area contributed by atoms with Gasteiger partial charge in [0.05, 0.1) is 44.6 Å². The average molecular weight is 522 g/mol. The first-order valence-corrected chi connectivity index (χ1v) is 12.4. The van der Waals surface area contributed by atoms with E-state index in [4.69, 9.17) is 40.3 Å². The molecule has 0 unspecified atom stereocenters. The van der Waals surface area contributed by atoms with Crippen LogP contribution >= 0.6 is 11.6 Å². The van der Waals surface area contributed by atoms with E-state index in [9.17, 15) is 0 Å². The Bertz CT molecular complexity index is 1380. The number of morpholine rings is 1. The first-order valence-electron chi connectivity index (χ1n) is 12.1. The number of para-hydroxylation sites is 2. The quantitative estimate of drug-likeness (QED) is 0.284. The van der Waals surface area contributed by atoms with Crippen molar-refractivity contribution < 1.29 is 23.7 Å². The summed E-state index contributed by atoms with van der Waals surface area (Å²) in [5.74, 6) is 3.41. The van der Waals surface area contributed by atoms with Gasteiger partial charge in [-0.05, 0) is 36.4 Å². The zero-order valence-electron chi connectivity index (χ0n) is 20.8. The Morgan fingerprint density at radius 3 is 2.51 bits per heavy atom. The minimum Gasteiger partial charge on any atom is -0.493 e. The second-order valence-electron chi connectivity index (χ2n) is 8.39. The summed E-state index contributed by atoms with van der Waals surface area (Å²) in [6.45, 7) is 3.09. The summed E-state index contributed by atoms with van der Waals surface area (Å²) in [4.78, 5) is 11.7. The van der Waals surface area contributed by atoms with Crippen LogP contribution in [0.15, 0.2) is 60.7 Å². The lowest BCUT2D eigenvalue weighted by Gasteiger charge is -2.29. The molecule has 192 valence electrons. The summed E-state index contributed by atoms with van der Waals surface area (Å²) in [5, 5.41) is 1.41. The van der Waals surface area contributed by atoms with E-state index in [2.05, 4.69) is 9.88 Å². The molecule has 0 radical (unpaired) electrons. The van der Waals surface area contributed by atoms with Crippen molar-refractivity contribution in [3.8, 4) is 29.0 Å². The van der Waals surface area contributed by atoms with Crippen LogP contribution in [0.4, 0.5) is 5.82 Å². The molecule has 0 aliphatic carbocycles. The number of hydrogen-bond donors (Lipinski definition) is 0. The van der Waals surface area contributed by atoms with Crippen LogP contribution in [0.2, 0.25) is 5.02 Å². The van der Waals surface area contributed by atoms with Crippen LogP contribution in [0, 0.1) is 0 Å². The van der Waals surface area contributed by atoms with Gasteiger partial charge < -0.3 is 28.6 Å². The number of nitrogens with zero attached hydrogens (tertiary/aromatic N) is 3. The van der Waals surface area contributed by atoms with Crippen molar-refractivity contribution in [3.63, 3.8) is 0 Å². The van der Waals surface area contributed by atoms with E-state index in [-0.39, 0.29) is 0 Å². The smallest absolute Gasteiger partial charge is 0.318 e. The first-order chi connectivity index (χ1) is 18.2. The van der Waals surface area contributed by atoms with Gasteiger partial charge in [0, 0.05) is 30.5 Å². The predicted molar refractivity (Wildman–Crippen MR) is 143 cm³/mol. The number of hydrogen-bond acceptors (Lipinski definition) is 8. The molecular formula is C28H28ClN3O5. The lowest BCUT2D eigenvalue weighted by Crippen LogP contribution is -2.37. The highest BCUT2D eigenvalue weighted by molar-refractivity contribution is 6.32. The molecular weight excluding hydrogens is 494 g/mol. The summed E-state index contributed by atoms with van der Waals surface area (Å²) in [6.07, 6.45) is 0.610. The number of methoxy groups -OCH3 is 2. The molecule has 8 nitrogen and oxygen atoms in total. The Labute approximate surface area is 220 Å². The van der Waals surface area contributed by atoms with Gasteiger partial charge in [-0.2, -0.15) is 9.97 Å². The van der Waals surface area contributed by atoms with Crippen molar-refractivity contribution in [2.75, 3.05) is 52.0 Å². The van der Waals surface area contributed by atoms with E-state index < -0.39 is 0 Å². The second kappa shape index (κ2) is 11.5. The normalized spacial score (nSPS) is 13.4. The van der Waals surface area contributed by atoms with Crippen LogP contribution in [-0.4, -0.2) is 57.1 Å². The minimum atomic E-state index is 0.315. The Hall–Kier alpha value is -3.75. The third-order valence-corrected chi connectivity index (χ3v) is 6.40. The summed E-state index contributed by atoms with van der Waals surface area (Å²) in [5.41, 5.74) is 1.74. The van der Waals surface area contributed by atoms with E-state index in [1.54, 1.807) is 20.3 Å². The van der Waals surface area contributed by atoms with Crippen LogP contribution in [0.5, 0.6) is 29.0 Å². The Morgan fingerprint density at radius 2 is 1.73 bits per heavy atom. The maximum Gasteiger partial charge on any atom is 0.318 e. The van der Waals surface area contributed by atoms with Gasteiger partial charge in [-0.3, -0.25) is 0 Å². The Balaban J connectivity index is 1.42. The summed E-state index contributed by atoms with van der Waals surface area (Å²) in [6, 6.07) is 19.2. The van der Waals surface area contributed by atoms with Gasteiger partial charge in [-0.1, -0.05) is 35.9 Å². The summed E-state index contributed by atoms with van der Waals surface area (Å²) >= 11 is 6.29. The van der Waals surface area contributed by atoms with E-state index in [1.165, 1.54) is 0 Å². The van der Waals surface area contributed by atoms with Gasteiger partial charge in [-0.25, -0.2) is 0 Å². The number of ether oxygens (including phenoxy) is 5. The number of rotatable bonds is 9. The Morgan fingerprint density at radius 1 is 0.919 bits per heavy atom. The molecule has 1 aromatic heterocycles. The molecule has 37 heavy (non-hydrogen) atoms. The fourth-order valence-electron chi connectivity index (χ4n) is 4.27. The number of fused-ring (bicyclic) bond motifs is 1. The number of benzene rings is 3. The number of halogens is 1. The Kier molecular flexibility index (Phi) is 7.77. The highest BCUT2D eigenvalue weighted by atomic mass is 35.5. The first kappa shape index (κ1) is 24.9. The molecule has 0 spiro atoms. The zero-order valence-corrected chi connectivity index (χ0v) is 21.5. The van der Waals surface area contributed by atoms with Crippen molar-refractivity contribution in [1.82, 2.24) is 9.97 Å². The van der Waals surface area contributed by atoms with Crippen molar-refractivity contribution in [1.29, 1.82) is 0 Å². The standard InChI is InChI=1S/C28H28ClN3O5/c1-33-25-9-5-6-19(26(25)34-2)12-15-36-28-30-23-11-10-20(37-24-8-4-3-7-22(24)29)18-21(23)27(31-28)32-13-16-35-17-14-32/h3-11,18H,12-17H2,1-2H3. The average Bonchev–Trinajstić information content (AvgIpc) is 2.94. The van der Waals surface area contributed by atoms with Gasteiger partial charge in [0.25, 0.3) is 0 Å². The molecule has 1 fully saturated rings. The molecule has 0 atom stereocenters. The van der Waals surface area contributed by atoms with E-state index in [0.29, 0.717) is 60.3 Å². The van der Waals surface area contributed by atoms with Crippen LogP contribution in [-0.2, 0) is 11.2 Å². The van der Waals surface area contributed by atoms with Crippen molar-refractivity contribution in [2.24, 2.45) is 0 Å². The van der Waals surface area contributed by atoms with Gasteiger partial charge in [-0.15, -0.1) is 0 Å². The van der Waals surface area contributed by atoms with E-state index in [0.717, 1.165) is 35.4 Å². The fourth-order valence-corrected chi connectivity index (χ4v) is 4.45. The zero-order chi connectivity index (χ0) is 25.6. The second-order valence-corrected chi connectivity index (χ2v) is 8.80. The molecule has 0 saturated carbocycles. The van der Waals surface area contributed by atoms with Crippen molar-refractivity contribution in [2.45, 2.75) is 6.42 Å². The maximum absolute atomic E-state index is 6.29. The van der Waals surface area contributed by atoms with Crippen LogP contribution < -0.4 is 23.8 Å². The highest BCUT2D eigenvalue weighted by Crippen LogP contribution is 2.34. The molecule has 0 amide bonds. The molecule has 1 aliphatic rings. The van der Waals surface area contributed by atoms with E-state index >= 15 is 0 Å². The molecule has 9 heteroatoms. The predicted octanol–water partition coefficient (Wildman–Crippen LogP) is 5.55. The molecule has 2 heterocycles. The highest BCUT2D eigenvalue weighted by Gasteiger charge is 2.19. The third kappa shape index (κ3) is 5.65. The largest absolute Gasteiger partial charge is 0.493 e. The number of anilines is 1. The van der Waals surface area contributed by atoms with Gasteiger partial charge in [0.2, 0.25) is 0 Å². The summed E-state index contributed by atoms with van der Waals surface area (Å²) < 4.78 is 28.6. The van der Waals surface area contributed by atoms with Crippen molar-refractivity contribution >= 4 is 28.3 Å². The lowest BCUT2D eigenvalue weighted by molar-refractivity contribution is 0.122. The SMILES string of the molecule is COc1cccc(CCOc2nc(N3CCOCC3)c3cc(Oc4ccccc4Cl)ccc3n2)c1OC. The van der Waals surface area contributed by atoms with Gasteiger partial charge in [0.15, 0.2) is 11.5 Å². The third-order valence-electron chi connectivity index (χ3n) is 6.09. The fraction of sp³-hybridized carbons (Fsp3) is 0.286. The van der Waals surface area contributed by atoms with Gasteiger partial charge >= 0.3 is 6.01 Å². The lowest BCUT2D eigenvalue weighted by atomic mass is 10.1. The van der Waals surface area contributed by atoms with Crippen LogP contribution in [0.3, 0.4) is 0 Å². The van der Waals surface area contributed by atoms with E-state index in [1.807, 2.05) is 54.6 Å². The molecule has 1 saturated heterocycles. The molecule has 5 rings (SSSR count). The summed E-state index contributed by atoms with van der Waals surface area (Å²) in [7, 11) is 3.26. The van der Waals surface area contributed by atoms with Crippen molar-refractivity contribution in [3.05, 3.63) is 71.2 Å². The molecule has 4 aromatic rings. The van der Waals surface area contributed by atoms with Crippen LogP contribution in [0.25, 0.3) is 10.9 Å². The molecule has 0 bridgehead atoms. The molecule has 0 N–H and O–H groups in total. The van der Waals surface area contributed by atoms with Gasteiger partial charge in [0.1, 0.15) is 17.3 Å². The monoisotopic (exact) mass is 521 g/mol. The maximum atomic E-state index is 6.29. The number of aromatic nitrogens is 2. The minimum absolute atomic E-state index is 0.315. The van der Waals surface area contributed by atoms with Crippen LogP contribution in [0.1, 0.15) is 5.56 Å². The topological polar surface area (TPSA) is 75.2 Å². The molecule has 1 aliphatic heterocycles.